The van der Waals surface area contributed by atoms with Gasteiger partial charge in [-0.1, -0.05) is 0 Å². The van der Waals surface area contributed by atoms with Gasteiger partial charge in [-0.05, 0) is 33.4 Å². The Morgan fingerprint density at radius 2 is 2.13 bits per heavy atom. The molecule has 1 atom stereocenters. The topological polar surface area (TPSA) is 67.2 Å². The molecule has 1 unspecified atom stereocenters. The van der Waals surface area contributed by atoms with Gasteiger partial charge < -0.3 is 10.4 Å². The molecule has 0 bridgehead atoms. The Bertz CT molecular complexity index is 371. The van der Waals surface area contributed by atoms with E-state index in [9.17, 15) is 4.79 Å². The maximum absolute atomic E-state index is 10.8. The lowest BCUT2D eigenvalue weighted by atomic mass is 10.2. The van der Waals surface area contributed by atoms with Crippen LogP contribution >= 0.6 is 0 Å². The average Bonchev–Trinajstić information content (AvgIpc) is 2.42. The third kappa shape index (κ3) is 2.36. The van der Waals surface area contributed by atoms with Crippen molar-refractivity contribution < 1.29 is 9.90 Å². The number of aryl methyl sites for hydroxylation is 1. The number of nitrogens with one attached hydrogen (secondary N) is 1. The van der Waals surface area contributed by atoms with E-state index < -0.39 is 12.0 Å². The smallest absolute Gasteiger partial charge is 0.322 e. The lowest BCUT2D eigenvalue weighted by Gasteiger charge is -2.12. The molecule has 1 heterocycles. The first-order valence-electron chi connectivity index (χ1n) is 4.88. The Balaban J connectivity index is 2.88. The van der Waals surface area contributed by atoms with Crippen molar-refractivity contribution in [1.82, 2.24) is 15.1 Å². The van der Waals surface area contributed by atoms with E-state index >= 15 is 0 Å². The van der Waals surface area contributed by atoms with Crippen LogP contribution in [0.4, 0.5) is 0 Å². The summed E-state index contributed by atoms with van der Waals surface area (Å²) < 4.78 is 1.74. The predicted octanol–water partition coefficient (Wildman–Crippen LogP) is 0.481. The minimum Gasteiger partial charge on any atom is -0.480 e. The fourth-order valence-electron chi connectivity index (χ4n) is 1.43. The van der Waals surface area contributed by atoms with Gasteiger partial charge in [0.25, 0.3) is 0 Å². The Hall–Kier alpha value is -1.36. The first-order valence-corrected chi connectivity index (χ1v) is 4.88. The van der Waals surface area contributed by atoms with Gasteiger partial charge >= 0.3 is 5.97 Å². The van der Waals surface area contributed by atoms with Crippen LogP contribution in [0.3, 0.4) is 0 Å². The molecule has 5 nitrogen and oxygen atoms in total. The van der Waals surface area contributed by atoms with Crippen molar-refractivity contribution in [2.45, 2.75) is 33.4 Å². The molecule has 0 aliphatic rings. The third-order valence-electron chi connectivity index (χ3n) is 2.75. The number of aliphatic carboxylic acids is 1. The number of carbonyl (C=O) groups is 1. The molecule has 0 aromatic carbocycles. The minimum absolute atomic E-state index is 0.354. The summed E-state index contributed by atoms with van der Waals surface area (Å²) in [6, 6.07) is -0.595. The Morgan fingerprint density at radius 1 is 1.53 bits per heavy atom. The Morgan fingerprint density at radius 3 is 2.47 bits per heavy atom. The molecule has 15 heavy (non-hydrogen) atoms. The first-order chi connectivity index (χ1) is 6.97. The zero-order valence-electron chi connectivity index (χ0n) is 9.53. The van der Waals surface area contributed by atoms with Crippen molar-refractivity contribution in [2.75, 3.05) is 7.05 Å². The monoisotopic (exact) mass is 211 g/mol. The van der Waals surface area contributed by atoms with E-state index in [1.165, 1.54) is 0 Å². The van der Waals surface area contributed by atoms with Gasteiger partial charge in [0.15, 0.2) is 0 Å². The fourth-order valence-corrected chi connectivity index (χ4v) is 1.43. The molecule has 0 amide bonds. The first kappa shape index (κ1) is 11.7. The van der Waals surface area contributed by atoms with E-state index in [-0.39, 0.29) is 0 Å². The summed E-state index contributed by atoms with van der Waals surface area (Å²) >= 11 is 0. The molecule has 1 aromatic rings. The van der Waals surface area contributed by atoms with Crippen LogP contribution in [-0.2, 0) is 11.3 Å². The maximum Gasteiger partial charge on any atom is 0.322 e. The lowest BCUT2D eigenvalue weighted by molar-refractivity contribution is -0.139. The second-order valence-corrected chi connectivity index (χ2v) is 3.66. The molecule has 0 aliphatic heterocycles. The number of hydrogen-bond donors (Lipinski definition) is 2. The molecule has 84 valence electrons. The summed E-state index contributed by atoms with van der Waals surface area (Å²) in [6.45, 7) is 6.22. The molecule has 2 N–H and O–H groups in total. The number of hydrogen-bond acceptors (Lipinski definition) is 3. The minimum atomic E-state index is -0.859. The molecular weight excluding hydrogens is 194 g/mol. The Labute approximate surface area is 89.1 Å². The molecular formula is C10H17N3O2. The van der Waals surface area contributed by atoms with Crippen LogP contribution in [-0.4, -0.2) is 33.9 Å². The molecule has 0 saturated heterocycles. The van der Waals surface area contributed by atoms with Gasteiger partial charge in [0.2, 0.25) is 0 Å². The SMILES string of the molecule is CNC(Cn1nc(C)c(C)c1C)C(=O)O. The third-order valence-corrected chi connectivity index (χ3v) is 2.75. The number of likely N-dealkylation sites (N-methyl/N-ethyl adjacent to an activating group) is 1. The second kappa shape index (κ2) is 4.44. The van der Waals surface area contributed by atoms with Crippen LogP contribution in [0.2, 0.25) is 0 Å². The highest BCUT2D eigenvalue weighted by atomic mass is 16.4. The normalized spacial score (nSPS) is 12.8. The van der Waals surface area contributed by atoms with Crippen molar-refractivity contribution in [3.05, 3.63) is 17.0 Å². The molecule has 0 radical (unpaired) electrons. The summed E-state index contributed by atoms with van der Waals surface area (Å²) in [6.07, 6.45) is 0. The number of carboxylic acid groups (broad SMARTS) is 1. The zero-order valence-corrected chi connectivity index (χ0v) is 9.53. The Kier molecular flexibility index (Phi) is 3.47. The van der Waals surface area contributed by atoms with Gasteiger partial charge in [0.05, 0.1) is 12.2 Å². The van der Waals surface area contributed by atoms with Gasteiger partial charge in [-0.2, -0.15) is 5.10 Å². The summed E-state index contributed by atoms with van der Waals surface area (Å²) in [4.78, 5) is 10.8. The molecule has 1 aromatic heterocycles. The highest BCUT2D eigenvalue weighted by Gasteiger charge is 2.17. The van der Waals surface area contributed by atoms with Gasteiger partial charge in [0, 0.05) is 5.69 Å². The van der Waals surface area contributed by atoms with Crippen LogP contribution in [0.15, 0.2) is 0 Å². The number of carboxylic acids is 1. The fraction of sp³-hybridized carbons (Fsp3) is 0.600. The zero-order chi connectivity index (χ0) is 11.6. The van der Waals surface area contributed by atoms with Crippen LogP contribution in [0, 0.1) is 20.8 Å². The van der Waals surface area contributed by atoms with E-state index in [0.29, 0.717) is 6.54 Å². The van der Waals surface area contributed by atoms with Crippen molar-refractivity contribution >= 4 is 5.97 Å². The van der Waals surface area contributed by atoms with Crippen molar-refractivity contribution in [1.29, 1.82) is 0 Å². The van der Waals surface area contributed by atoms with E-state index in [4.69, 9.17) is 5.11 Å². The second-order valence-electron chi connectivity index (χ2n) is 3.66. The van der Waals surface area contributed by atoms with Crippen molar-refractivity contribution in [2.24, 2.45) is 0 Å². The van der Waals surface area contributed by atoms with E-state index in [1.807, 2.05) is 20.8 Å². The average molecular weight is 211 g/mol. The van der Waals surface area contributed by atoms with E-state index in [1.54, 1.807) is 11.7 Å². The van der Waals surface area contributed by atoms with E-state index in [2.05, 4.69) is 10.4 Å². The maximum atomic E-state index is 10.8. The summed E-state index contributed by atoms with van der Waals surface area (Å²) in [5.41, 5.74) is 3.09. The molecule has 0 saturated carbocycles. The summed E-state index contributed by atoms with van der Waals surface area (Å²) in [7, 11) is 1.64. The predicted molar refractivity (Wildman–Crippen MR) is 56.9 cm³/mol. The highest BCUT2D eigenvalue weighted by molar-refractivity contribution is 5.73. The van der Waals surface area contributed by atoms with Crippen LogP contribution < -0.4 is 5.32 Å². The molecule has 0 aliphatic carbocycles. The number of nitrogens with zero attached hydrogens (tertiary/aromatic N) is 2. The quantitative estimate of drug-likeness (QED) is 0.760. The van der Waals surface area contributed by atoms with Gasteiger partial charge in [-0.25, -0.2) is 0 Å². The van der Waals surface area contributed by atoms with E-state index in [0.717, 1.165) is 17.0 Å². The lowest BCUT2D eigenvalue weighted by Crippen LogP contribution is -2.38. The largest absolute Gasteiger partial charge is 0.480 e. The van der Waals surface area contributed by atoms with Gasteiger partial charge in [0.1, 0.15) is 6.04 Å². The molecule has 1 rings (SSSR count). The van der Waals surface area contributed by atoms with Crippen LogP contribution in [0.1, 0.15) is 17.0 Å². The molecule has 5 heteroatoms. The van der Waals surface area contributed by atoms with Gasteiger partial charge in [-0.15, -0.1) is 0 Å². The molecule has 0 spiro atoms. The van der Waals surface area contributed by atoms with Gasteiger partial charge in [-0.3, -0.25) is 9.48 Å². The number of rotatable bonds is 4. The number of aromatic nitrogens is 2. The van der Waals surface area contributed by atoms with Crippen LogP contribution in [0.25, 0.3) is 0 Å². The van der Waals surface area contributed by atoms with Crippen LogP contribution in [0.5, 0.6) is 0 Å². The van der Waals surface area contributed by atoms with Crippen molar-refractivity contribution in [3.63, 3.8) is 0 Å². The summed E-state index contributed by atoms with van der Waals surface area (Å²) in [5, 5.41) is 15.9. The summed E-state index contributed by atoms with van der Waals surface area (Å²) in [5.74, 6) is -0.859. The standard InChI is InChI=1S/C10H17N3O2/c1-6-7(2)12-13(8(6)3)5-9(11-4)10(14)15/h9,11H,5H2,1-4H3,(H,14,15). The molecule has 0 fully saturated rings. The van der Waals surface area contributed by atoms with Crippen molar-refractivity contribution in [3.8, 4) is 0 Å². The highest BCUT2D eigenvalue weighted by Crippen LogP contribution is 2.11.